The maximum absolute atomic E-state index is 13.6. The van der Waals surface area contributed by atoms with Gasteiger partial charge in [-0.2, -0.15) is 5.26 Å². The summed E-state index contributed by atoms with van der Waals surface area (Å²) in [7, 11) is -1.32. The predicted octanol–water partition coefficient (Wildman–Crippen LogP) is 3.64. The standard InChI is InChI=1S/C24H32N2O4Si/c1-23(2,3)17-11-16(14-29-31(6)7)22(28)26(13-17)20-18-10-15(12-25)8-9-19(18)30-24(4,5)21(20)27/h8-11,13,20-21,27,31H,14H2,1-7H3/t20-,21+/m1/s1. The van der Waals surface area contributed by atoms with Crippen molar-refractivity contribution in [1.82, 2.24) is 4.57 Å². The zero-order valence-electron chi connectivity index (χ0n) is 19.4. The van der Waals surface area contributed by atoms with Crippen LogP contribution in [-0.2, 0) is 16.4 Å². The van der Waals surface area contributed by atoms with E-state index >= 15 is 0 Å². The van der Waals surface area contributed by atoms with Crippen molar-refractivity contribution in [2.45, 2.75) is 77.5 Å². The quantitative estimate of drug-likeness (QED) is 0.734. The summed E-state index contributed by atoms with van der Waals surface area (Å²) in [6.45, 7) is 14.3. The van der Waals surface area contributed by atoms with Crippen molar-refractivity contribution in [3.63, 3.8) is 0 Å². The molecule has 6 nitrogen and oxygen atoms in total. The fourth-order valence-electron chi connectivity index (χ4n) is 3.78. The molecule has 1 aliphatic heterocycles. The highest BCUT2D eigenvalue weighted by Gasteiger charge is 2.44. The molecule has 0 aliphatic carbocycles. The van der Waals surface area contributed by atoms with Gasteiger partial charge in [-0.1, -0.05) is 20.8 Å². The van der Waals surface area contributed by atoms with E-state index in [1.54, 1.807) is 36.6 Å². The number of pyridine rings is 1. The third kappa shape index (κ3) is 4.61. The number of fused-ring (bicyclic) bond motifs is 1. The first-order valence-electron chi connectivity index (χ1n) is 10.6. The molecular weight excluding hydrogens is 408 g/mol. The highest BCUT2D eigenvalue weighted by Crippen LogP contribution is 2.42. The number of aliphatic hydroxyl groups is 1. The van der Waals surface area contributed by atoms with E-state index in [1.165, 1.54) is 0 Å². The van der Waals surface area contributed by atoms with Crippen LogP contribution in [-0.4, -0.2) is 30.4 Å². The number of nitriles is 1. The number of aliphatic hydroxyl groups excluding tert-OH is 1. The van der Waals surface area contributed by atoms with Gasteiger partial charge in [0.25, 0.3) is 5.56 Å². The summed E-state index contributed by atoms with van der Waals surface area (Å²) in [6.07, 6.45) is 0.839. The van der Waals surface area contributed by atoms with Crippen LogP contribution in [0.25, 0.3) is 0 Å². The maximum Gasteiger partial charge on any atom is 0.256 e. The first-order valence-corrected chi connectivity index (χ1v) is 13.4. The van der Waals surface area contributed by atoms with E-state index in [0.29, 0.717) is 22.4 Å². The van der Waals surface area contributed by atoms with Crippen molar-refractivity contribution in [2.24, 2.45) is 0 Å². The summed E-state index contributed by atoms with van der Waals surface area (Å²) < 4.78 is 13.5. The van der Waals surface area contributed by atoms with Gasteiger partial charge in [-0.25, -0.2) is 0 Å². The average Bonchev–Trinajstić information content (AvgIpc) is 2.67. The van der Waals surface area contributed by atoms with Crippen LogP contribution in [0, 0.1) is 11.3 Å². The summed E-state index contributed by atoms with van der Waals surface area (Å²) in [6, 6.07) is 8.49. The fourth-order valence-corrected chi connectivity index (χ4v) is 4.29. The number of nitrogens with zero attached hydrogens (tertiary/aromatic N) is 2. The van der Waals surface area contributed by atoms with E-state index in [-0.39, 0.29) is 17.6 Å². The van der Waals surface area contributed by atoms with Crippen molar-refractivity contribution in [3.8, 4) is 11.8 Å². The van der Waals surface area contributed by atoms with Gasteiger partial charge in [0.1, 0.15) is 17.5 Å². The number of hydrogen-bond acceptors (Lipinski definition) is 5. The largest absolute Gasteiger partial charge is 0.485 e. The fraction of sp³-hybridized carbons (Fsp3) is 0.500. The SMILES string of the molecule is C[SiH](C)OCc1cc(C(C)(C)C)cn([C@@H]2c3cc(C#N)ccc3OC(C)(C)[C@H]2O)c1=O. The van der Waals surface area contributed by atoms with Crippen molar-refractivity contribution < 1.29 is 14.3 Å². The second-order valence-electron chi connectivity index (χ2n) is 10.0. The number of rotatable bonds is 4. The van der Waals surface area contributed by atoms with Gasteiger partial charge in [-0.05, 0) is 62.2 Å². The number of ether oxygens (including phenoxy) is 1. The summed E-state index contributed by atoms with van der Waals surface area (Å²) in [5.74, 6) is 0.569. The Kier molecular flexibility index (Phi) is 6.20. The maximum atomic E-state index is 13.6. The van der Waals surface area contributed by atoms with E-state index in [2.05, 4.69) is 39.9 Å². The lowest BCUT2D eigenvalue weighted by Gasteiger charge is -2.43. The van der Waals surface area contributed by atoms with Gasteiger partial charge in [-0.3, -0.25) is 4.79 Å². The van der Waals surface area contributed by atoms with E-state index in [4.69, 9.17) is 9.16 Å². The Morgan fingerprint density at radius 3 is 2.55 bits per heavy atom. The molecule has 1 aliphatic rings. The topological polar surface area (TPSA) is 84.5 Å². The van der Waals surface area contributed by atoms with Gasteiger partial charge in [0, 0.05) is 17.3 Å². The average molecular weight is 441 g/mol. The summed E-state index contributed by atoms with van der Waals surface area (Å²) in [5, 5.41) is 20.7. The van der Waals surface area contributed by atoms with Crippen LogP contribution in [0.3, 0.4) is 0 Å². The minimum Gasteiger partial charge on any atom is -0.485 e. The lowest BCUT2D eigenvalue weighted by Crippen LogP contribution is -2.52. The Morgan fingerprint density at radius 1 is 1.29 bits per heavy atom. The summed E-state index contributed by atoms with van der Waals surface area (Å²) >= 11 is 0. The molecule has 1 N–H and O–H groups in total. The summed E-state index contributed by atoms with van der Waals surface area (Å²) in [4.78, 5) is 13.6. The van der Waals surface area contributed by atoms with E-state index in [9.17, 15) is 15.2 Å². The zero-order chi connectivity index (χ0) is 23.1. The molecule has 0 saturated carbocycles. The Labute approximate surface area is 185 Å². The molecule has 0 radical (unpaired) electrons. The minimum absolute atomic E-state index is 0.197. The Hall–Kier alpha value is -2.40. The van der Waals surface area contributed by atoms with Crippen LogP contribution in [0.2, 0.25) is 13.1 Å². The molecule has 2 atom stereocenters. The molecule has 2 heterocycles. The molecule has 166 valence electrons. The molecule has 1 aromatic carbocycles. The highest BCUT2D eigenvalue weighted by atomic mass is 28.3. The first kappa shape index (κ1) is 23.3. The van der Waals surface area contributed by atoms with Crippen LogP contribution >= 0.6 is 0 Å². The third-order valence-corrected chi connectivity index (χ3v) is 6.53. The molecule has 0 spiro atoms. The Morgan fingerprint density at radius 2 is 1.97 bits per heavy atom. The molecule has 31 heavy (non-hydrogen) atoms. The molecule has 3 rings (SSSR count). The zero-order valence-corrected chi connectivity index (χ0v) is 20.5. The van der Waals surface area contributed by atoms with Crippen molar-refractivity contribution >= 4 is 9.04 Å². The second kappa shape index (κ2) is 8.27. The molecule has 0 bridgehead atoms. The van der Waals surface area contributed by atoms with Gasteiger partial charge in [0.2, 0.25) is 0 Å². The van der Waals surface area contributed by atoms with E-state index in [0.717, 1.165) is 5.56 Å². The number of benzene rings is 1. The molecule has 0 fully saturated rings. The summed E-state index contributed by atoms with van der Waals surface area (Å²) in [5.41, 5.74) is 1.32. The highest BCUT2D eigenvalue weighted by molar-refractivity contribution is 6.48. The smallest absolute Gasteiger partial charge is 0.256 e. The predicted molar refractivity (Wildman–Crippen MR) is 123 cm³/mol. The van der Waals surface area contributed by atoms with Gasteiger partial charge < -0.3 is 18.8 Å². The van der Waals surface area contributed by atoms with Crippen LogP contribution in [0.1, 0.15) is 62.9 Å². The lowest BCUT2D eigenvalue weighted by atomic mass is 9.84. The number of hydrogen-bond donors (Lipinski definition) is 1. The van der Waals surface area contributed by atoms with E-state index in [1.807, 2.05) is 12.3 Å². The van der Waals surface area contributed by atoms with Crippen LogP contribution < -0.4 is 10.3 Å². The Balaban J connectivity index is 2.28. The van der Waals surface area contributed by atoms with Gasteiger partial charge in [-0.15, -0.1) is 0 Å². The van der Waals surface area contributed by atoms with Gasteiger partial charge in [0.15, 0.2) is 9.04 Å². The minimum atomic E-state index is -1.32. The van der Waals surface area contributed by atoms with Crippen molar-refractivity contribution in [1.29, 1.82) is 5.26 Å². The Bertz CT molecular complexity index is 1080. The van der Waals surface area contributed by atoms with Gasteiger partial charge >= 0.3 is 0 Å². The monoisotopic (exact) mass is 440 g/mol. The molecule has 2 aromatic rings. The van der Waals surface area contributed by atoms with Crippen molar-refractivity contribution in [3.05, 3.63) is 63.1 Å². The first-order chi connectivity index (χ1) is 14.3. The molecule has 0 unspecified atom stereocenters. The molecule has 1 aromatic heterocycles. The van der Waals surface area contributed by atoms with Crippen LogP contribution in [0.15, 0.2) is 35.3 Å². The van der Waals surface area contributed by atoms with E-state index < -0.39 is 26.8 Å². The normalized spacial score (nSPS) is 20.1. The van der Waals surface area contributed by atoms with Gasteiger partial charge in [0.05, 0.1) is 24.3 Å². The molecular formula is C24H32N2O4Si. The van der Waals surface area contributed by atoms with Crippen LogP contribution in [0.5, 0.6) is 5.75 Å². The second-order valence-corrected chi connectivity index (χ2v) is 12.5. The number of aromatic nitrogens is 1. The lowest BCUT2D eigenvalue weighted by molar-refractivity contribution is -0.0644. The molecule has 0 amide bonds. The molecule has 0 saturated heterocycles. The van der Waals surface area contributed by atoms with Crippen molar-refractivity contribution in [2.75, 3.05) is 0 Å². The van der Waals surface area contributed by atoms with Crippen LogP contribution in [0.4, 0.5) is 0 Å². The third-order valence-electron chi connectivity index (χ3n) is 5.70. The molecule has 7 heteroatoms.